The maximum atomic E-state index is 5.89. The summed E-state index contributed by atoms with van der Waals surface area (Å²) in [7, 11) is 0. The molecule has 1 atom stereocenters. The largest absolute Gasteiger partial charge is 0.320 e. The van der Waals surface area contributed by atoms with Crippen LogP contribution in [0.15, 0.2) is 46.4 Å². The first-order chi connectivity index (χ1) is 7.88. The van der Waals surface area contributed by atoms with Gasteiger partial charge in [0.05, 0.1) is 18.5 Å². The Morgan fingerprint density at radius 1 is 1.35 bits per heavy atom. The first-order valence-corrected chi connectivity index (χ1v) is 6.62. The van der Waals surface area contributed by atoms with Gasteiger partial charge in [-0.25, -0.2) is 0 Å². The number of thioether (sulfide) groups is 1. The number of allylic oxidation sites excluding steroid dienone is 1. The summed E-state index contributed by atoms with van der Waals surface area (Å²) < 4.78 is 0. The smallest absolute Gasteiger partial charge is 0.168 e. The monoisotopic (exact) mass is 286 g/mol. The Labute approximate surface area is 116 Å². The molecule has 1 aromatic carbocycles. The summed E-state index contributed by atoms with van der Waals surface area (Å²) in [6.45, 7) is 0.922. The third-order valence-corrected chi connectivity index (χ3v) is 4.02. The van der Waals surface area contributed by atoms with E-state index < -0.39 is 0 Å². The SMILES string of the molecule is Cl.ClCC1=CSC2=NC(c3ccccc3)CN12. The maximum Gasteiger partial charge on any atom is 0.168 e. The quantitative estimate of drug-likeness (QED) is 0.772. The van der Waals surface area contributed by atoms with E-state index in [2.05, 4.69) is 34.6 Å². The number of fused-ring (bicyclic) bond motifs is 1. The van der Waals surface area contributed by atoms with Crippen molar-refractivity contribution in [1.29, 1.82) is 0 Å². The lowest BCUT2D eigenvalue weighted by atomic mass is 10.1. The van der Waals surface area contributed by atoms with E-state index in [1.54, 1.807) is 11.8 Å². The van der Waals surface area contributed by atoms with Crippen LogP contribution in [0, 0.1) is 0 Å². The summed E-state index contributed by atoms with van der Waals surface area (Å²) in [5.41, 5.74) is 2.45. The molecular formula is C12H12Cl2N2S. The number of hydrogen-bond donors (Lipinski definition) is 0. The molecule has 2 nitrogen and oxygen atoms in total. The standard InChI is InChI=1S/C12H11ClN2S.ClH/c13-6-10-8-16-12-14-11(7-15(10)12)9-4-2-1-3-5-9;/h1-5,8,11H,6-7H2;1H. The zero-order valence-corrected chi connectivity index (χ0v) is 11.4. The van der Waals surface area contributed by atoms with Crippen LogP contribution in [0.3, 0.4) is 0 Å². The fraction of sp³-hybridized carbons (Fsp3) is 0.250. The van der Waals surface area contributed by atoms with Gasteiger partial charge in [0, 0.05) is 5.70 Å². The average molecular weight is 287 g/mol. The minimum Gasteiger partial charge on any atom is -0.320 e. The molecule has 0 amide bonds. The summed E-state index contributed by atoms with van der Waals surface area (Å²) >= 11 is 7.56. The fourth-order valence-electron chi connectivity index (χ4n) is 1.97. The lowest BCUT2D eigenvalue weighted by Gasteiger charge is -2.16. The Morgan fingerprint density at radius 2 is 2.12 bits per heavy atom. The van der Waals surface area contributed by atoms with E-state index in [9.17, 15) is 0 Å². The Bertz CT molecular complexity index is 459. The van der Waals surface area contributed by atoms with Crippen LogP contribution in [0.5, 0.6) is 0 Å². The van der Waals surface area contributed by atoms with E-state index in [0.29, 0.717) is 5.88 Å². The van der Waals surface area contributed by atoms with Gasteiger partial charge in [-0.2, -0.15) is 0 Å². The molecule has 0 aromatic heterocycles. The summed E-state index contributed by atoms with van der Waals surface area (Å²) in [5, 5.41) is 3.18. The fourth-order valence-corrected chi connectivity index (χ4v) is 3.24. The van der Waals surface area contributed by atoms with Crippen molar-refractivity contribution in [3.63, 3.8) is 0 Å². The molecule has 5 heteroatoms. The van der Waals surface area contributed by atoms with Crippen molar-refractivity contribution < 1.29 is 0 Å². The molecule has 1 unspecified atom stereocenters. The number of amidine groups is 1. The molecule has 90 valence electrons. The van der Waals surface area contributed by atoms with Gasteiger partial charge in [-0.3, -0.25) is 4.99 Å². The third-order valence-electron chi connectivity index (χ3n) is 2.82. The number of hydrogen-bond acceptors (Lipinski definition) is 3. The summed E-state index contributed by atoms with van der Waals surface area (Å²) in [4.78, 5) is 6.93. The third kappa shape index (κ3) is 2.32. The highest BCUT2D eigenvalue weighted by atomic mass is 35.5. The van der Waals surface area contributed by atoms with Gasteiger partial charge < -0.3 is 4.90 Å². The molecule has 0 bridgehead atoms. The molecule has 17 heavy (non-hydrogen) atoms. The van der Waals surface area contributed by atoms with Crippen LogP contribution in [0.2, 0.25) is 0 Å². The van der Waals surface area contributed by atoms with Crippen LogP contribution < -0.4 is 0 Å². The predicted molar refractivity (Wildman–Crippen MR) is 77.0 cm³/mol. The van der Waals surface area contributed by atoms with Crippen molar-refractivity contribution in [3.8, 4) is 0 Å². The Morgan fingerprint density at radius 3 is 2.82 bits per heavy atom. The average Bonchev–Trinajstić information content (AvgIpc) is 2.89. The zero-order chi connectivity index (χ0) is 11.0. The van der Waals surface area contributed by atoms with Crippen molar-refractivity contribution in [2.75, 3.05) is 12.4 Å². The first kappa shape index (κ1) is 12.8. The van der Waals surface area contributed by atoms with Crippen LogP contribution in [-0.4, -0.2) is 22.5 Å². The van der Waals surface area contributed by atoms with Gasteiger partial charge in [0.25, 0.3) is 0 Å². The lowest BCUT2D eigenvalue weighted by Crippen LogP contribution is -2.22. The second kappa shape index (κ2) is 5.34. The molecule has 0 saturated carbocycles. The predicted octanol–water partition coefficient (Wildman–Crippen LogP) is 3.65. The van der Waals surface area contributed by atoms with E-state index in [-0.39, 0.29) is 18.4 Å². The van der Waals surface area contributed by atoms with Crippen molar-refractivity contribution in [1.82, 2.24) is 4.90 Å². The zero-order valence-electron chi connectivity index (χ0n) is 9.04. The topological polar surface area (TPSA) is 15.6 Å². The van der Waals surface area contributed by atoms with Gasteiger partial charge in [0.15, 0.2) is 5.17 Å². The van der Waals surface area contributed by atoms with Gasteiger partial charge in [-0.05, 0) is 11.0 Å². The molecule has 0 N–H and O–H groups in total. The highest BCUT2D eigenvalue weighted by Crippen LogP contribution is 2.36. The van der Waals surface area contributed by atoms with Crippen LogP contribution in [0.1, 0.15) is 11.6 Å². The maximum absolute atomic E-state index is 5.89. The van der Waals surface area contributed by atoms with E-state index in [0.717, 1.165) is 11.7 Å². The van der Waals surface area contributed by atoms with Crippen LogP contribution >= 0.6 is 35.8 Å². The highest BCUT2D eigenvalue weighted by molar-refractivity contribution is 8.16. The normalized spacial score (nSPS) is 21.7. The van der Waals surface area contributed by atoms with Gasteiger partial charge in [-0.1, -0.05) is 42.1 Å². The van der Waals surface area contributed by atoms with E-state index >= 15 is 0 Å². The van der Waals surface area contributed by atoms with Crippen molar-refractivity contribution in [2.24, 2.45) is 4.99 Å². The number of benzene rings is 1. The second-order valence-corrected chi connectivity index (χ2v) is 4.91. The van der Waals surface area contributed by atoms with Crippen LogP contribution in [0.25, 0.3) is 0 Å². The lowest BCUT2D eigenvalue weighted by molar-refractivity contribution is 0.524. The second-order valence-electron chi connectivity index (χ2n) is 3.81. The molecule has 0 saturated heterocycles. The number of halogens is 2. The number of nitrogens with zero attached hydrogens (tertiary/aromatic N) is 2. The number of rotatable bonds is 2. The van der Waals surface area contributed by atoms with Crippen molar-refractivity contribution in [3.05, 3.63) is 47.0 Å². The molecule has 2 heterocycles. The summed E-state index contributed by atoms with van der Waals surface area (Å²) in [6, 6.07) is 10.7. The Hall–Kier alpha value is -0.640. The molecule has 2 aliphatic heterocycles. The molecule has 1 aromatic rings. The molecule has 0 radical (unpaired) electrons. The minimum atomic E-state index is 0. The van der Waals surface area contributed by atoms with Gasteiger partial charge in [0.1, 0.15) is 0 Å². The Kier molecular flexibility index (Phi) is 4.02. The number of alkyl halides is 1. The van der Waals surface area contributed by atoms with Crippen molar-refractivity contribution in [2.45, 2.75) is 6.04 Å². The molecular weight excluding hydrogens is 275 g/mol. The molecule has 0 spiro atoms. The van der Waals surface area contributed by atoms with E-state index in [1.165, 1.54) is 11.3 Å². The van der Waals surface area contributed by atoms with Gasteiger partial charge in [-0.15, -0.1) is 24.0 Å². The number of aliphatic imine (C=N–C) groups is 1. The Balaban J connectivity index is 0.00000108. The van der Waals surface area contributed by atoms with Crippen molar-refractivity contribution >= 4 is 40.9 Å². The van der Waals surface area contributed by atoms with E-state index in [4.69, 9.17) is 16.6 Å². The summed E-state index contributed by atoms with van der Waals surface area (Å²) in [6.07, 6.45) is 0. The highest BCUT2D eigenvalue weighted by Gasteiger charge is 2.31. The minimum absolute atomic E-state index is 0. The summed E-state index contributed by atoms with van der Waals surface area (Å²) in [5.74, 6) is 0.563. The molecule has 0 aliphatic carbocycles. The molecule has 0 fully saturated rings. The molecule has 3 rings (SSSR count). The van der Waals surface area contributed by atoms with E-state index in [1.807, 2.05) is 6.07 Å². The van der Waals surface area contributed by atoms with Gasteiger partial charge >= 0.3 is 0 Å². The first-order valence-electron chi connectivity index (χ1n) is 5.20. The van der Waals surface area contributed by atoms with Gasteiger partial charge in [0.2, 0.25) is 0 Å². The van der Waals surface area contributed by atoms with Crippen LogP contribution in [-0.2, 0) is 0 Å². The molecule has 2 aliphatic rings. The van der Waals surface area contributed by atoms with Crippen LogP contribution in [0.4, 0.5) is 0 Å².